The number of hydrogen-bond acceptors (Lipinski definition) is 3. The van der Waals surface area contributed by atoms with Crippen molar-refractivity contribution >= 4 is 40.8 Å². The second-order valence-corrected chi connectivity index (χ2v) is 7.44. The lowest BCUT2D eigenvalue weighted by molar-refractivity contribution is -0.117. The third-order valence-electron chi connectivity index (χ3n) is 4.57. The molecule has 3 N–H and O–H groups in total. The number of carbonyl (C=O) groups excluding carboxylic acids is 2. The highest BCUT2D eigenvalue weighted by Gasteiger charge is 2.30. The molecule has 3 aromatic rings. The van der Waals surface area contributed by atoms with Crippen LogP contribution in [-0.4, -0.2) is 21.4 Å². The molecule has 1 saturated carbocycles. The van der Waals surface area contributed by atoms with E-state index in [1.807, 2.05) is 12.1 Å². The summed E-state index contributed by atoms with van der Waals surface area (Å²) in [5, 5.41) is 3.65. The van der Waals surface area contributed by atoms with Crippen LogP contribution in [0.15, 0.2) is 48.9 Å². The summed E-state index contributed by atoms with van der Waals surface area (Å²) in [5.74, 6) is -0.185. The molecule has 28 heavy (non-hydrogen) atoms. The zero-order chi connectivity index (χ0) is 19.8. The number of carbonyl (C=O) groups is 2. The minimum absolute atomic E-state index is 0.0529. The average Bonchev–Trinajstić information content (AvgIpc) is 3.43. The van der Waals surface area contributed by atoms with Crippen LogP contribution in [0.25, 0.3) is 16.8 Å². The lowest BCUT2D eigenvalue weighted by Crippen LogP contribution is -2.14. The standard InChI is InChI=1S/C20H16Cl2N4O2/c21-15-4-2-1-3-12(15)13-9-26(10-14(13)19(23)27)17-7-18(24-8-16(17)22)25-20(28)11-5-6-11/h1-4,7-11H,5-6H2,(H2,23,27)(H,24,25,28). The van der Waals surface area contributed by atoms with Crippen LogP contribution in [-0.2, 0) is 4.79 Å². The van der Waals surface area contributed by atoms with Gasteiger partial charge in [0.2, 0.25) is 5.91 Å². The molecule has 1 aliphatic carbocycles. The fraction of sp³-hybridized carbons (Fsp3) is 0.150. The molecule has 0 atom stereocenters. The molecule has 0 spiro atoms. The number of primary amides is 1. The number of amides is 2. The largest absolute Gasteiger partial charge is 0.366 e. The molecule has 8 heteroatoms. The van der Waals surface area contributed by atoms with Crippen molar-refractivity contribution in [2.24, 2.45) is 11.7 Å². The second-order valence-electron chi connectivity index (χ2n) is 6.62. The second kappa shape index (κ2) is 7.30. The van der Waals surface area contributed by atoms with Gasteiger partial charge in [-0.3, -0.25) is 9.59 Å². The number of anilines is 1. The molecule has 1 aliphatic rings. The van der Waals surface area contributed by atoms with E-state index in [0.717, 1.165) is 12.8 Å². The normalized spacial score (nSPS) is 13.4. The summed E-state index contributed by atoms with van der Waals surface area (Å²) >= 11 is 12.6. The van der Waals surface area contributed by atoms with Gasteiger partial charge in [-0.2, -0.15) is 0 Å². The van der Waals surface area contributed by atoms with E-state index in [2.05, 4.69) is 10.3 Å². The van der Waals surface area contributed by atoms with Gasteiger partial charge in [0.05, 0.1) is 22.5 Å². The number of aromatic nitrogens is 2. The Morgan fingerprint density at radius 2 is 1.86 bits per heavy atom. The van der Waals surface area contributed by atoms with Gasteiger partial charge in [0.1, 0.15) is 5.82 Å². The van der Waals surface area contributed by atoms with E-state index >= 15 is 0 Å². The van der Waals surface area contributed by atoms with E-state index in [9.17, 15) is 9.59 Å². The fourth-order valence-corrected chi connectivity index (χ4v) is 3.39. The predicted octanol–water partition coefficient (Wildman–Crippen LogP) is 4.29. The van der Waals surface area contributed by atoms with Gasteiger partial charge >= 0.3 is 0 Å². The van der Waals surface area contributed by atoms with Crippen molar-refractivity contribution < 1.29 is 9.59 Å². The van der Waals surface area contributed by atoms with Gasteiger partial charge in [-0.25, -0.2) is 4.98 Å². The number of nitrogens with one attached hydrogen (secondary N) is 1. The Balaban J connectivity index is 1.77. The highest BCUT2D eigenvalue weighted by Crippen LogP contribution is 2.34. The number of pyridine rings is 1. The third-order valence-corrected chi connectivity index (χ3v) is 5.19. The quantitative estimate of drug-likeness (QED) is 0.651. The first-order valence-corrected chi connectivity index (χ1v) is 9.43. The van der Waals surface area contributed by atoms with Gasteiger partial charge in [-0.15, -0.1) is 0 Å². The molecule has 6 nitrogen and oxygen atoms in total. The highest BCUT2D eigenvalue weighted by atomic mass is 35.5. The summed E-state index contributed by atoms with van der Waals surface area (Å²) < 4.78 is 1.68. The predicted molar refractivity (Wildman–Crippen MR) is 109 cm³/mol. The molecule has 1 fully saturated rings. The van der Waals surface area contributed by atoms with Crippen molar-refractivity contribution in [3.05, 3.63) is 64.5 Å². The van der Waals surface area contributed by atoms with Crippen molar-refractivity contribution in [2.75, 3.05) is 5.32 Å². The molecule has 0 radical (unpaired) electrons. The summed E-state index contributed by atoms with van der Waals surface area (Å²) in [7, 11) is 0. The van der Waals surface area contributed by atoms with Gasteiger partial charge in [-0.1, -0.05) is 41.4 Å². The maximum absolute atomic E-state index is 12.0. The number of hydrogen-bond donors (Lipinski definition) is 2. The van der Waals surface area contributed by atoms with Crippen LogP contribution in [0.3, 0.4) is 0 Å². The maximum Gasteiger partial charge on any atom is 0.250 e. The molecule has 0 saturated heterocycles. The summed E-state index contributed by atoms with van der Waals surface area (Å²) in [4.78, 5) is 28.2. The van der Waals surface area contributed by atoms with Gasteiger partial charge in [0.25, 0.3) is 5.91 Å². The molecule has 142 valence electrons. The number of nitrogens with zero attached hydrogens (tertiary/aromatic N) is 2. The monoisotopic (exact) mass is 414 g/mol. The van der Waals surface area contributed by atoms with E-state index in [4.69, 9.17) is 28.9 Å². The Kier molecular flexibility index (Phi) is 4.83. The summed E-state index contributed by atoms with van der Waals surface area (Å²) in [5.41, 5.74) is 7.71. The van der Waals surface area contributed by atoms with Gasteiger partial charge < -0.3 is 15.6 Å². The Bertz CT molecular complexity index is 1090. The first kappa shape index (κ1) is 18.5. The molecular formula is C20H16Cl2N4O2. The van der Waals surface area contributed by atoms with Crippen molar-refractivity contribution in [1.82, 2.24) is 9.55 Å². The lowest BCUT2D eigenvalue weighted by atomic mass is 10.0. The Morgan fingerprint density at radius 1 is 1.11 bits per heavy atom. The summed E-state index contributed by atoms with van der Waals surface area (Å²) in [6.45, 7) is 0. The minimum atomic E-state index is -0.582. The average molecular weight is 415 g/mol. The highest BCUT2D eigenvalue weighted by molar-refractivity contribution is 6.33. The van der Waals surface area contributed by atoms with Crippen LogP contribution in [0.1, 0.15) is 23.2 Å². The van der Waals surface area contributed by atoms with E-state index < -0.39 is 5.91 Å². The third kappa shape index (κ3) is 3.61. The van der Waals surface area contributed by atoms with E-state index in [1.54, 1.807) is 35.2 Å². The first-order valence-electron chi connectivity index (χ1n) is 8.67. The minimum Gasteiger partial charge on any atom is -0.366 e. The SMILES string of the molecule is NC(=O)c1cn(-c2cc(NC(=O)C3CC3)ncc2Cl)cc1-c1ccccc1Cl. The van der Waals surface area contributed by atoms with Crippen molar-refractivity contribution in [3.8, 4) is 16.8 Å². The van der Waals surface area contributed by atoms with Crippen molar-refractivity contribution in [3.63, 3.8) is 0 Å². The zero-order valence-corrected chi connectivity index (χ0v) is 16.2. The lowest BCUT2D eigenvalue weighted by Gasteiger charge is -2.09. The van der Waals surface area contributed by atoms with Crippen LogP contribution >= 0.6 is 23.2 Å². The molecule has 0 bridgehead atoms. The van der Waals surface area contributed by atoms with E-state index in [-0.39, 0.29) is 11.8 Å². The van der Waals surface area contributed by atoms with Gasteiger partial charge in [0, 0.05) is 40.5 Å². The zero-order valence-electron chi connectivity index (χ0n) is 14.7. The summed E-state index contributed by atoms with van der Waals surface area (Å²) in [6.07, 6.45) is 6.57. The van der Waals surface area contributed by atoms with Crippen molar-refractivity contribution in [1.29, 1.82) is 0 Å². The first-order chi connectivity index (χ1) is 13.4. The molecule has 0 aliphatic heterocycles. The number of nitrogens with two attached hydrogens (primary N) is 1. The molecule has 2 aromatic heterocycles. The molecular weight excluding hydrogens is 399 g/mol. The Hall–Kier alpha value is -2.83. The topological polar surface area (TPSA) is 90.0 Å². The molecule has 2 amide bonds. The number of benzene rings is 1. The molecule has 1 aromatic carbocycles. The van der Waals surface area contributed by atoms with Crippen LogP contribution in [0.2, 0.25) is 10.0 Å². The smallest absolute Gasteiger partial charge is 0.250 e. The Morgan fingerprint density at radius 3 is 2.54 bits per heavy atom. The Labute approximate surface area is 171 Å². The fourth-order valence-electron chi connectivity index (χ4n) is 2.95. The van der Waals surface area contributed by atoms with E-state index in [0.29, 0.717) is 38.2 Å². The van der Waals surface area contributed by atoms with Gasteiger partial charge in [0.15, 0.2) is 0 Å². The number of halogens is 2. The molecule has 4 rings (SSSR count). The number of rotatable bonds is 5. The van der Waals surface area contributed by atoms with Crippen molar-refractivity contribution in [2.45, 2.75) is 12.8 Å². The summed E-state index contributed by atoms with van der Waals surface area (Å²) in [6, 6.07) is 8.84. The van der Waals surface area contributed by atoms with Crippen LogP contribution in [0.4, 0.5) is 5.82 Å². The van der Waals surface area contributed by atoms with Crippen LogP contribution in [0.5, 0.6) is 0 Å². The van der Waals surface area contributed by atoms with Crippen LogP contribution in [0, 0.1) is 5.92 Å². The van der Waals surface area contributed by atoms with E-state index in [1.165, 1.54) is 6.20 Å². The molecule has 0 unspecified atom stereocenters. The molecule has 2 heterocycles. The maximum atomic E-state index is 12.0. The van der Waals surface area contributed by atoms with Crippen LogP contribution < -0.4 is 11.1 Å². The van der Waals surface area contributed by atoms with Gasteiger partial charge in [-0.05, 0) is 18.9 Å².